The number of methoxy groups -OCH3 is 1. The van der Waals surface area contributed by atoms with Crippen LogP contribution in [-0.2, 0) is 0 Å². The predicted molar refractivity (Wildman–Crippen MR) is 127 cm³/mol. The molecule has 2 aromatic heterocycles. The Kier molecular flexibility index (Phi) is 5.14. The molecule has 0 fully saturated rings. The Morgan fingerprint density at radius 1 is 0.879 bits per heavy atom. The number of rotatable bonds is 5. The van der Waals surface area contributed by atoms with Crippen molar-refractivity contribution in [2.24, 2.45) is 0 Å². The van der Waals surface area contributed by atoms with Crippen molar-refractivity contribution in [1.82, 2.24) is 15.0 Å². The summed E-state index contributed by atoms with van der Waals surface area (Å²) in [6, 6.07) is 22.4. The van der Waals surface area contributed by atoms with Gasteiger partial charge < -0.3 is 14.5 Å². The Bertz CT molecular complexity index is 1460. The Balaban J connectivity index is 1.35. The third-order valence-corrected chi connectivity index (χ3v) is 5.56. The molecule has 2 heterocycles. The van der Waals surface area contributed by atoms with E-state index in [0.717, 1.165) is 22.5 Å². The number of furan rings is 1. The number of ether oxygens (including phenoxy) is 1. The number of hydrogen-bond donors (Lipinski definition) is 1. The van der Waals surface area contributed by atoms with Crippen molar-refractivity contribution in [2.75, 3.05) is 12.4 Å². The number of aryl methyl sites for hydroxylation is 2. The molecule has 0 aliphatic heterocycles. The van der Waals surface area contributed by atoms with Crippen LogP contribution in [0.3, 0.4) is 0 Å². The fourth-order valence-corrected chi connectivity index (χ4v) is 3.53. The monoisotopic (exact) mass is 438 g/mol. The smallest absolute Gasteiger partial charge is 0.291 e. The molecular formula is C26H22N4O3. The first-order chi connectivity index (χ1) is 16.0. The lowest BCUT2D eigenvalue weighted by Crippen LogP contribution is -2.10. The number of carbonyl (C=O) groups is 1. The van der Waals surface area contributed by atoms with Crippen LogP contribution in [0, 0.1) is 13.8 Å². The summed E-state index contributed by atoms with van der Waals surface area (Å²) in [5, 5.41) is 11.9. The molecule has 0 saturated heterocycles. The van der Waals surface area contributed by atoms with Gasteiger partial charge in [-0.25, -0.2) is 0 Å². The molecule has 0 bridgehead atoms. The van der Waals surface area contributed by atoms with E-state index < -0.39 is 0 Å². The van der Waals surface area contributed by atoms with Crippen molar-refractivity contribution >= 4 is 22.6 Å². The fraction of sp³-hybridized carbons (Fsp3) is 0.115. The molecule has 1 amide bonds. The molecule has 3 aromatic carbocycles. The van der Waals surface area contributed by atoms with E-state index in [4.69, 9.17) is 9.15 Å². The van der Waals surface area contributed by atoms with E-state index in [1.165, 1.54) is 11.1 Å². The molecule has 0 aliphatic rings. The number of hydrogen-bond acceptors (Lipinski definition) is 5. The van der Waals surface area contributed by atoms with E-state index in [2.05, 4.69) is 35.4 Å². The van der Waals surface area contributed by atoms with Crippen LogP contribution in [0.5, 0.6) is 5.75 Å². The number of carbonyl (C=O) groups excluding carboxylic acids is 1. The van der Waals surface area contributed by atoms with Gasteiger partial charge in [0.25, 0.3) is 5.91 Å². The first kappa shape index (κ1) is 20.5. The fourth-order valence-electron chi connectivity index (χ4n) is 3.53. The number of nitrogens with zero attached hydrogens (tertiary/aromatic N) is 3. The number of amides is 1. The van der Waals surface area contributed by atoms with Crippen LogP contribution in [-0.4, -0.2) is 28.0 Å². The maximum Gasteiger partial charge on any atom is 0.291 e. The Hall–Kier alpha value is -4.39. The standard InChI is InChI=1S/C26H22N4O3/c1-16-4-5-18(14-17(16)2)24-12-13-25(33-24)26(31)27-19-6-11-22-23(15-19)29-30(28-22)20-7-9-21(32-3)10-8-20/h4-15H,1-3H3,(H,27,31). The molecular weight excluding hydrogens is 416 g/mol. The van der Waals surface area contributed by atoms with Crippen LogP contribution in [0.2, 0.25) is 0 Å². The molecule has 0 radical (unpaired) electrons. The number of anilines is 1. The van der Waals surface area contributed by atoms with E-state index in [1.54, 1.807) is 30.1 Å². The second kappa shape index (κ2) is 8.27. The summed E-state index contributed by atoms with van der Waals surface area (Å²) < 4.78 is 11.0. The number of benzene rings is 3. The Labute approximate surface area is 190 Å². The highest BCUT2D eigenvalue weighted by atomic mass is 16.5. The molecule has 0 spiro atoms. The van der Waals surface area contributed by atoms with Gasteiger partial charge in [-0.15, -0.1) is 10.2 Å². The lowest BCUT2D eigenvalue weighted by atomic mass is 10.1. The van der Waals surface area contributed by atoms with Crippen LogP contribution in [0.1, 0.15) is 21.7 Å². The average molecular weight is 438 g/mol. The Morgan fingerprint density at radius 3 is 2.42 bits per heavy atom. The lowest BCUT2D eigenvalue weighted by Gasteiger charge is -2.04. The van der Waals surface area contributed by atoms with Gasteiger partial charge in [-0.3, -0.25) is 4.79 Å². The molecule has 5 aromatic rings. The zero-order valence-electron chi connectivity index (χ0n) is 18.5. The van der Waals surface area contributed by atoms with Crippen molar-refractivity contribution in [3.8, 4) is 22.8 Å². The number of fused-ring (bicyclic) bond motifs is 1. The molecule has 5 rings (SSSR count). The third-order valence-electron chi connectivity index (χ3n) is 5.56. The van der Waals surface area contributed by atoms with Gasteiger partial charge in [0, 0.05) is 11.3 Å². The maximum absolute atomic E-state index is 12.7. The molecule has 33 heavy (non-hydrogen) atoms. The highest BCUT2D eigenvalue weighted by Gasteiger charge is 2.14. The van der Waals surface area contributed by atoms with Crippen LogP contribution in [0.4, 0.5) is 5.69 Å². The van der Waals surface area contributed by atoms with E-state index in [9.17, 15) is 4.79 Å². The van der Waals surface area contributed by atoms with Gasteiger partial charge in [0.2, 0.25) is 0 Å². The summed E-state index contributed by atoms with van der Waals surface area (Å²) in [6.45, 7) is 4.11. The third kappa shape index (κ3) is 4.08. The van der Waals surface area contributed by atoms with Crippen LogP contribution in [0.15, 0.2) is 77.2 Å². The van der Waals surface area contributed by atoms with Crippen molar-refractivity contribution in [3.05, 3.63) is 89.7 Å². The summed E-state index contributed by atoms with van der Waals surface area (Å²) in [5.41, 5.74) is 6.13. The van der Waals surface area contributed by atoms with E-state index in [0.29, 0.717) is 17.0 Å². The van der Waals surface area contributed by atoms with Gasteiger partial charge in [-0.1, -0.05) is 12.1 Å². The summed E-state index contributed by atoms with van der Waals surface area (Å²) >= 11 is 0. The van der Waals surface area contributed by atoms with Crippen LogP contribution >= 0.6 is 0 Å². The molecule has 164 valence electrons. The molecule has 0 aliphatic carbocycles. The van der Waals surface area contributed by atoms with E-state index >= 15 is 0 Å². The van der Waals surface area contributed by atoms with Crippen molar-refractivity contribution in [1.29, 1.82) is 0 Å². The number of nitrogens with one attached hydrogen (secondary N) is 1. The van der Waals surface area contributed by atoms with Gasteiger partial charge in [-0.2, -0.15) is 4.80 Å². The quantitative estimate of drug-likeness (QED) is 0.389. The van der Waals surface area contributed by atoms with Gasteiger partial charge in [-0.05, 0) is 85.6 Å². The minimum absolute atomic E-state index is 0.241. The zero-order chi connectivity index (χ0) is 22.9. The minimum Gasteiger partial charge on any atom is -0.497 e. The minimum atomic E-state index is -0.327. The molecule has 0 saturated carbocycles. The van der Waals surface area contributed by atoms with Gasteiger partial charge in [0.05, 0.1) is 12.8 Å². The van der Waals surface area contributed by atoms with Crippen LogP contribution < -0.4 is 10.1 Å². The predicted octanol–water partition coefficient (Wildman–Crippen LogP) is 5.56. The molecule has 0 unspecified atom stereocenters. The SMILES string of the molecule is COc1ccc(-n2nc3ccc(NC(=O)c4ccc(-c5ccc(C)c(C)c5)o4)cc3n2)cc1. The maximum atomic E-state index is 12.7. The molecule has 7 nitrogen and oxygen atoms in total. The highest BCUT2D eigenvalue weighted by molar-refractivity contribution is 6.03. The largest absolute Gasteiger partial charge is 0.497 e. The van der Waals surface area contributed by atoms with Crippen molar-refractivity contribution in [2.45, 2.75) is 13.8 Å². The van der Waals surface area contributed by atoms with Crippen LogP contribution in [0.25, 0.3) is 28.0 Å². The second-order valence-corrected chi connectivity index (χ2v) is 7.81. The van der Waals surface area contributed by atoms with E-state index in [-0.39, 0.29) is 11.7 Å². The summed E-state index contributed by atoms with van der Waals surface area (Å²) in [4.78, 5) is 14.3. The molecule has 0 atom stereocenters. The number of aromatic nitrogens is 3. The second-order valence-electron chi connectivity index (χ2n) is 7.81. The summed E-state index contributed by atoms with van der Waals surface area (Å²) in [6.07, 6.45) is 0. The first-order valence-corrected chi connectivity index (χ1v) is 10.5. The van der Waals surface area contributed by atoms with E-state index in [1.807, 2.05) is 48.5 Å². The summed E-state index contributed by atoms with van der Waals surface area (Å²) in [7, 11) is 1.62. The summed E-state index contributed by atoms with van der Waals surface area (Å²) in [5.74, 6) is 1.33. The zero-order valence-corrected chi connectivity index (χ0v) is 18.5. The highest BCUT2D eigenvalue weighted by Crippen LogP contribution is 2.25. The van der Waals surface area contributed by atoms with Gasteiger partial charge in [0.15, 0.2) is 5.76 Å². The van der Waals surface area contributed by atoms with Gasteiger partial charge >= 0.3 is 0 Å². The topological polar surface area (TPSA) is 82.2 Å². The lowest BCUT2D eigenvalue weighted by molar-refractivity contribution is 0.0997. The normalized spacial score (nSPS) is 11.0. The first-order valence-electron chi connectivity index (χ1n) is 10.5. The molecule has 7 heteroatoms. The molecule has 1 N–H and O–H groups in total. The van der Waals surface area contributed by atoms with Crippen molar-refractivity contribution < 1.29 is 13.9 Å². The average Bonchev–Trinajstić information content (AvgIpc) is 3.48. The Morgan fingerprint density at radius 2 is 1.67 bits per heavy atom. The van der Waals surface area contributed by atoms with Gasteiger partial charge in [0.1, 0.15) is 22.5 Å². The van der Waals surface area contributed by atoms with Crippen molar-refractivity contribution in [3.63, 3.8) is 0 Å².